The normalized spacial score (nSPS) is 14.4. The van der Waals surface area contributed by atoms with E-state index < -0.39 is 17.6 Å². The second kappa shape index (κ2) is 7.38. The van der Waals surface area contributed by atoms with Crippen molar-refractivity contribution in [2.75, 3.05) is 20.1 Å². The van der Waals surface area contributed by atoms with E-state index in [2.05, 4.69) is 10.3 Å². The molecule has 0 bridgehead atoms. The summed E-state index contributed by atoms with van der Waals surface area (Å²) < 4.78 is 50.3. The lowest BCUT2D eigenvalue weighted by molar-refractivity contribution is -0.0875. The van der Waals surface area contributed by atoms with Gasteiger partial charge >= 0.3 is 6.18 Å². The van der Waals surface area contributed by atoms with E-state index in [0.29, 0.717) is 19.2 Å². The third-order valence-electron chi connectivity index (χ3n) is 1.78. The molecule has 0 atom stereocenters. The van der Waals surface area contributed by atoms with Crippen LogP contribution in [0.4, 0.5) is 17.6 Å². The number of alkyl halides is 3. The Labute approximate surface area is 92.4 Å². The van der Waals surface area contributed by atoms with Gasteiger partial charge in [0.1, 0.15) is 11.4 Å². The first-order valence-corrected chi connectivity index (χ1v) is 5.03. The smallest absolute Gasteiger partial charge is 0.318 e. The number of allylic oxidation sites excluding steroid dienone is 2. The Morgan fingerprint density at radius 2 is 2.00 bits per heavy atom. The van der Waals surface area contributed by atoms with Crippen molar-refractivity contribution >= 4 is 6.21 Å². The molecule has 6 heteroatoms. The van der Waals surface area contributed by atoms with E-state index in [4.69, 9.17) is 0 Å². The largest absolute Gasteiger partial charge is 0.420 e. The highest BCUT2D eigenvalue weighted by Gasteiger charge is 2.35. The number of hydrogen-bond donors (Lipinski definition) is 1. The molecule has 0 fully saturated rings. The van der Waals surface area contributed by atoms with E-state index in [-0.39, 0.29) is 13.0 Å². The lowest BCUT2D eigenvalue weighted by atomic mass is 10.2. The fraction of sp³-hybridized carbons (Fsp3) is 0.700. The zero-order valence-corrected chi connectivity index (χ0v) is 9.36. The zero-order valence-electron chi connectivity index (χ0n) is 9.36. The molecule has 0 rings (SSSR count). The molecule has 0 spiro atoms. The third-order valence-corrected chi connectivity index (χ3v) is 1.78. The molecule has 0 radical (unpaired) electrons. The number of halogens is 4. The first-order chi connectivity index (χ1) is 7.43. The van der Waals surface area contributed by atoms with Gasteiger partial charge in [-0.2, -0.15) is 13.2 Å². The van der Waals surface area contributed by atoms with Crippen molar-refractivity contribution in [2.24, 2.45) is 4.99 Å². The van der Waals surface area contributed by atoms with Gasteiger partial charge in [-0.25, -0.2) is 4.39 Å². The lowest BCUT2D eigenvalue weighted by Gasteiger charge is -2.08. The number of hydrogen-bond acceptors (Lipinski definition) is 2. The van der Waals surface area contributed by atoms with Crippen molar-refractivity contribution in [1.82, 2.24) is 5.32 Å². The molecule has 0 aliphatic rings. The van der Waals surface area contributed by atoms with Crippen LogP contribution >= 0.6 is 0 Å². The van der Waals surface area contributed by atoms with Gasteiger partial charge in [-0.1, -0.05) is 6.92 Å². The van der Waals surface area contributed by atoms with E-state index in [9.17, 15) is 17.6 Å². The summed E-state index contributed by atoms with van der Waals surface area (Å²) in [5, 5.41) is 2.73. The van der Waals surface area contributed by atoms with Gasteiger partial charge in [0, 0.05) is 12.8 Å². The average Bonchev–Trinajstić information content (AvgIpc) is 2.16. The maximum atomic E-state index is 13.1. The quantitative estimate of drug-likeness (QED) is 0.431. The second-order valence-electron chi connectivity index (χ2n) is 3.21. The first kappa shape index (κ1) is 15.1. The van der Waals surface area contributed by atoms with Crippen LogP contribution in [0.2, 0.25) is 0 Å². The fourth-order valence-corrected chi connectivity index (χ4v) is 0.983. The molecule has 2 nitrogen and oxygen atoms in total. The number of nitrogens with zero attached hydrogens (tertiary/aromatic N) is 1. The lowest BCUT2D eigenvalue weighted by Crippen LogP contribution is -2.16. The number of aliphatic imine (C=N–C) groups is 1. The van der Waals surface area contributed by atoms with Crippen LogP contribution in [0.3, 0.4) is 0 Å². The van der Waals surface area contributed by atoms with E-state index in [1.54, 1.807) is 14.0 Å². The van der Waals surface area contributed by atoms with Gasteiger partial charge in [-0.15, -0.1) is 0 Å². The van der Waals surface area contributed by atoms with E-state index >= 15 is 0 Å². The average molecular weight is 240 g/mol. The second-order valence-corrected chi connectivity index (χ2v) is 3.21. The Kier molecular flexibility index (Phi) is 6.96. The zero-order chi connectivity index (χ0) is 12.6. The number of nitrogens with one attached hydrogen (secondary N) is 1. The molecule has 0 saturated heterocycles. The van der Waals surface area contributed by atoms with Crippen LogP contribution in [-0.2, 0) is 0 Å². The molecular formula is C10H16F4N2. The molecule has 16 heavy (non-hydrogen) atoms. The molecule has 94 valence electrons. The number of rotatable bonds is 6. The van der Waals surface area contributed by atoms with Crippen LogP contribution in [0, 0.1) is 0 Å². The highest BCUT2D eigenvalue weighted by molar-refractivity contribution is 5.80. The fourth-order valence-electron chi connectivity index (χ4n) is 0.983. The van der Waals surface area contributed by atoms with Gasteiger partial charge in [0.25, 0.3) is 0 Å². The van der Waals surface area contributed by atoms with E-state index in [0.717, 1.165) is 0 Å². The minimum Gasteiger partial charge on any atom is -0.318 e. The molecule has 0 aliphatic carbocycles. The Morgan fingerprint density at radius 1 is 1.38 bits per heavy atom. The van der Waals surface area contributed by atoms with E-state index in [1.807, 2.05) is 0 Å². The monoisotopic (exact) mass is 240 g/mol. The summed E-state index contributed by atoms with van der Waals surface area (Å²) in [4.78, 5) is 3.53. The molecule has 0 unspecified atom stereocenters. The summed E-state index contributed by atoms with van der Waals surface area (Å²) in [5.74, 6) is -1.15. The van der Waals surface area contributed by atoms with Crippen molar-refractivity contribution in [1.29, 1.82) is 0 Å². The van der Waals surface area contributed by atoms with Gasteiger partial charge in [0.2, 0.25) is 0 Å². The molecule has 0 aromatic heterocycles. The Morgan fingerprint density at radius 3 is 2.44 bits per heavy atom. The molecule has 0 heterocycles. The van der Waals surface area contributed by atoms with Crippen LogP contribution in [-0.4, -0.2) is 32.5 Å². The van der Waals surface area contributed by atoms with Crippen molar-refractivity contribution in [3.63, 3.8) is 0 Å². The van der Waals surface area contributed by atoms with Gasteiger partial charge < -0.3 is 5.32 Å². The summed E-state index contributed by atoms with van der Waals surface area (Å²) in [5.41, 5.74) is -1.27. The summed E-state index contributed by atoms with van der Waals surface area (Å²) in [6.07, 6.45) is -3.99. The molecule has 0 aliphatic heterocycles. The van der Waals surface area contributed by atoms with Crippen molar-refractivity contribution in [2.45, 2.75) is 25.9 Å². The first-order valence-electron chi connectivity index (χ1n) is 5.03. The third kappa shape index (κ3) is 5.85. The van der Waals surface area contributed by atoms with Gasteiger partial charge in [-0.3, -0.25) is 4.99 Å². The van der Waals surface area contributed by atoms with Gasteiger partial charge in [-0.05, 0) is 19.9 Å². The summed E-state index contributed by atoms with van der Waals surface area (Å²) >= 11 is 0. The van der Waals surface area contributed by atoms with Gasteiger partial charge in [0.15, 0.2) is 0 Å². The topological polar surface area (TPSA) is 24.4 Å². The highest BCUT2D eigenvalue weighted by atomic mass is 19.4. The Hall–Kier alpha value is -0.910. The Bertz CT molecular complexity index is 256. The molecule has 0 saturated carbocycles. The molecular weight excluding hydrogens is 224 g/mol. The highest BCUT2D eigenvalue weighted by Crippen LogP contribution is 2.29. The number of likely N-dealkylation sites (N-methyl/N-ethyl adjacent to an activating group) is 1. The minimum absolute atomic E-state index is 0.190. The summed E-state index contributed by atoms with van der Waals surface area (Å²) in [7, 11) is 1.66. The molecule has 0 aromatic carbocycles. The molecule has 0 aromatic rings. The van der Waals surface area contributed by atoms with E-state index in [1.165, 1.54) is 0 Å². The maximum Gasteiger partial charge on any atom is 0.420 e. The maximum absolute atomic E-state index is 13.1. The Balaban J connectivity index is 4.70. The van der Waals surface area contributed by atoms with Crippen molar-refractivity contribution < 1.29 is 17.6 Å². The predicted octanol–water partition coefficient (Wildman–Crippen LogP) is 2.86. The molecule has 1 N–H and O–H groups in total. The van der Waals surface area contributed by atoms with Crippen LogP contribution < -0.4 is 5.32 Å². The van der Waals surface area contributed by atoms with Crippen molar-refractivity contribution in [3.8, 4) is 0 Å². The minimum atomic E-state index is -4.68. The van der Waals surface area contributed by atoms with Crippen LogP contribution in [0.25, 0.3) is 0 Å². The van der Waals surface area contributed by atoms with Crippen LogP contribution in [0.15, 0.2) is 16.4 Å². The standard InChI is InChI=1S/C10H16F4N2/c1-3-4-9(11)8(10(12,13)14)7-16-6-5-15-2/h7,15H,3-6H2,1-2H3/b9-8-,16-7?. The van der Waals surface area contributed by atoms with Crippen LogP contribution in [0.5, 0.6) is 0 Å². The van der Waals surface area contributed by atoms with Gasteiger partial charge in [0.05, 0.1) is 6.54 Å². The van der Waals surface area contributed by atoms with Crippen LogP contribution in [0.1, 0.15) is 19.8 Å². The summed E-state index contributed by atoms with van der Waals surface area (Å²) in [6, 6.07) is 0. The molecule has 0 amide bonds. The summed E-state index contributed by atoms with van der Waals surface area (Å²) in [6.45, 7) is 2.26. The van der Waals surface area contributed by atoms with Crippen molar-refractivity contribution in [3.05, 3.63) is 11.4 Å². The predicted molar refractivity (Wildman–Crippen MR) is 56.4 cm³/mol. The SMILES string of the molecule is CCC/C(F)=C(\C=NCCNC)C(F)(F)F.